The summed E-state index contributed by atoms with van der Waals surface area (Å²) in [6.07, 6.45) is 2.98. The summed E-state index contributed by atoms with van der Waals surface area (Å²) < 4.78 is 0. The van der Waals surface area contributed by atoms with Gasteiger partial charge in [0.1, 0.15) is 0 Å². The first-order chi connectivity index (χ1) is 4.30. The van der Waals surface area contributed by atoms with E-state index in [0.29, 0.717) is 5.46 Å². The molecule has 0 aliphatic rings. The maximum atomic E-state index is 8.54. The molecule has 0 saturated heterocycles. The molecular weight excluding hydrogens is 117 g/mol. The Morgan fingerprint density at radius 1 is 1.56 bits per heavy atom. The maximum absolute atomic E-state index is 8.54. The van der Waals surface area contributed by atoms with Gasteiger partial charge in [0, 0.05) is 20.7 Å². The van der Waals surface area contributed by atoms with Crippen molar-refractivity contribution in [1.29, 1.82) is 0 Å². The van der Waals surface area contributed by atoms with E-state index in [2.05, 4.69) is 4.98 Å². The number of nitrogens with zero attached hydrogens (tertiary/aromatic N) is 1. The predicted molar refractivity (Wildman–Crippen MR) is 38.3 cm³/mol. The van der Waals surface area contributed by atoms with Crippen LogP contribution in [0.2, 0.25) is 0 Å². The number of hydrogen-bond acceptors (Lipinski definition) is 3. The van der Waals surface area contributed by atoms with Gasteiger partial charge in [0.15, 0.2) is 0 Å². The van der Waals surface area contributed by atoms with Crippen LogP contribution in [0.4, 0.5) is 0 Å². The molecule has 3 nitrogen and oxygen atoms in total. The second-order valence-corrected chi connectivity index (χ2v) is 1.66. The van der Waals surface area contributed by atoms with Crippen LogP contribution >= 0.6 is 0 Å². The van der Waals surface area contributed by atoms with Gasteiger partial charge in [0.2, 0.25) is 0 Å². The molecule has 0 fully saturated rings. The molecule has 0 saturated carbocycles. The van der Waals surface area contributed by atoms with Crippen molar-refractivity contribution in [2.24, 2.45) is 0 Å². The van der Waals surface area contributed by atoms with Crippen molar-refractivity contribution < 1.29 is 12.9 Å². The fourth-order valence-corrected chi connectivity index (χ4v) is 0.529. The Kier molecular flexibility index (Phi) is 1.82. The molecule has 2 N–H and O–H groups in total. The molecule has 0 bridgehead atoms. The van der Waals surface area contributed by atoms with Crippen molar-refractivity contribution in [3.8, 4) is 0 Å². The summed E-state index contributed by atoms with van der Waals surface area (Å²) in [5, 5.41) is 17.1. The molecule has 1 aromatic rings. The molecule has 1 rings (SSSR count). The lowest BCUT2D eigenvalue weighted by atomic mass is 9.82. The Bertz CT molecular complexity index is 185. The lowest BCUT2D eigenvalue weighted by Gasteiger charge is -1.93. The lowest BCUT2D eigenvalue weighted by molar-refractivity contribution is 0.425. The molecule has 4 heteroatoms. The summed E-state index contributed by atoms with van der Waals surface area (Å²) in [6.45, 7) is 0. The molecular formula is C5H10BNO2. The van der Waals surface area contributed by atoms with Gasteiger partial charge in [0.25, 0.3) is 0 Å². The van der Waals surface area contributed by atoms with Gasteiger partial charge in [-0.3, -0.25) is 4.98 Å². The third kappa shape index (κ3) is 1.52. The fourth-order valence-electron chi connectivity index (χ4n) is 0.529. The predicted octanol–water partition coefficient (Wildman–Crippen LogP) is -0.747. The van der Waals surface area contributed by atoms with Crippen molar-refractivity contribution in [2.45, 2.75) is 0 Å². The third-order valence-corrected chi connectivity index (χ3v) is 0.983. The van der Waals surface area contributed by atoms with Gasteiger partial charge in [-0.1, -0.05) is 6.07 Å². The van der Waals surface area contributed by atoms with E-state index in [9.17, 15) is 0 Å². The standard InChI is InChI=1S/C5H6BNO2.2H2/c8-6(9)5-2-1-3-7-4-5;;/h1-4,8-9H;2*1H. The zero-order valence-corrected chi connectivity index (χ0v) is 4.73. The Labute approximate surface area is 56.1 Å². The van der Waals surface area contributed by atoms with Crippen molar-refractivity contribution in [3.05, 3.63) is 24.5 Å². The first kappa shape index (κ1) is 6.26. The van der Waals surface area contributed by atoms with Crippen LogP contribution in [-0.2, 0) is 0 Å². The van der Waals surface area contributed by atoms with Gasteiger partial charge < -0.3 is 10.0 Å². The molecule has 0 atom stereocenters. The molecule has 0 radical (unpaired) electrons. The fraction of sp³-hybridized carbons (Fsp3) is 0. The zero-order chi connectivity index (χ0) is 6.69. The molecule has 0 aliphatic carbocycles. The van der Waals surface area contributed by atoms with E-state index in [1.807, 2.05) is 0 Å². The maximum Gasteiger partial charge on any atom is 0.490 e. The van der Waals surface area contributed by atoms with Crippen molar-refractivity contribution in [3.63, 3.8) is 0 Å². The Morgan fingerprint density at radius 3 is 2.67 bits per heavy atom. The van der Waals surface area contributed by atoms with E-state index < -0.39 is 7.12 Å². The zero-order valence-electron chi connectivity index (χ0n) is 4.73. The molecule has 0 unspecified atom stereocenters. The minimum Gasteiger partial charge on any atom is -0.423 e. The molecule has 50 valence electrons. The SMILES string of the molecule is OB(O)c1cccnc1.[HH].[HH]. The lowest BCUT2D eigenvalue weighted by Crippen LogP contribution is -2.29. The van der Waals surface area contributed by atoms with E-state index in [1.165, 1.54) is 6.20 Å². The van der Waals surface area contributed by atoms with Gasteiger partial charge in [-0.25, -0.2) is 0 Å². The minimum atomic E-state index is -1.40. The first-order valence-corrected chi connectivity index (χ1v) is 2.57. The molecule has 1 aromatic heterocycles. The average molecular weight is 127 g/mol. The van der Waals surface area contributed by atoms with Crippen molar-refractivity contribution >= 4 is 12.6 Å². The largest absolute Gasteiger partial charge is 0.490 e. The van der Waals surface area contributed by atoms with E-state index in [-0.39, 0.29) is 2.85 Å². The van der Waals surface area contributed by atoms with Gasteiger partial charge >= 0.3 is 7.12 Å². The summed E-state index contributed by atoms with van der Waals surface area (Å²) in [5.74, 6) is 0. The van der Waals surface area contributed by atoms with Crippen LogP contribution in [0, 0.1) is 0 Å². The van der Waals surface area contributed by atoms with Crippen LogP contribution in [0.5, 0.6) is 0 Å². The summed E-state index contributed by atoms with van der Waals surface area (Å²) >= 11 is 0. The van der Waals surface area contributed by atoms with Gasteiger partial charge in [-0.05, 0) is 6.07 Å². The number of pyridine rings is 1. The first-order valence-electron chi connectivity index (χ1n) is 2.57. The van der Waals surface area contributed by atoms with Crippen molar-refractivity contribution in [2.75, 3.05) is 0 Å². The smallest absolute Gasteiger partial charge is 0.423 e. The highest BCUT2D eigenvalue weighted by molar-refractivity contribution is 6.58. The molecule has 1 heterocycles. The molecule has 0 aromatic carbocycles. The second kappa shape index (κ2) is 2.61. The quantitative estimate of drug-likeness (QED) is 0.488. The monoisotopic (exact) mass is 127 g/mol. The topological polar surface area (TPSA) is 53.4 Å². The minimum absolute atomic E-state index is 0. The summed E-state index contributed by atoms with van der Waals surface area (Å²) in [6, 6.07) is 3.24. The molecule has 0 aliphatic heterocycles. The molecule has 0 amide bonds. The van der Waals surface area contributed by atoms with Crippen LogP contribution in [-0.4, -0.2) is 22.2 Å². The van der Waals surface area contributed by atoms with Gasteiger partial charge in [-0.15, -0.1) is 0 Å². The summed E-state index contributed by atoms with van der Waals surface area (Å²) in [4.78, 5) is 3.69. The number of rotatable bonds is 1. The molecule has 9 heavy (non-hydrogen) atoms. The number of hydrogen-bond donors (Lipinski definition) is 2. The highest BCUT2D eigenvalue weighted by Gasteiger charge is 2.08. The highest BCUT2D eigenvalue weighted by atomic mass is 16.4. The highest BCUT2D eigenvalue weighted by Crippen LogP contribution is 1.77. The van der Waals surface area contributed by atoms with E-state index >= 15 is 0 Å². The van der Waals surface area contributed by atoms with Crippen molar-refractivity contribution in [1.82, 2.24) is 4.98 Å². The van der Waals surface area contributed by atoms with E-state index in [1.54, 1.807) is 18.3 Å². The average Bonchev–Trinajstić information content (AvgIpc) is 1.90. The Hall–Kier alpha value is -0.865. The van der Waals surface area contributed by atoms with Crippen LogP contribution < -0.4 is 5.46 Å². The van der Waals surface area contributed by atoms with E-state index in [4.69, 9.17) is 10.0 Å². The van der Waals surface area contributed by atoms with Crippen LogP contribution in [0.3, 0.4) is 0 Å². The number of aromatic nitrogens is 1. The normalized spacial score (nSPS) is 9.11. The van der Waals surface area contributed by atoms with Gasteiger partial charge in [0.05, 0.1) is 0 Å². The van der Waals surface area contributed by atoms with Crippen LogP contribution in [0.25, 0.3) is 0 Å². The summed E-state index contributed by atoms with van der Waals surface area (Å²) in [7, 11) is -1.40. The molecule has 0 spiro atoms. The van der Waals surface area contributed by atoms with Gasteiger partial charge in [-0.2, -0.15) is 0 Å². The third-order valence-electron chi connectivity index (χ3n) is 0.983. The summed E-state index contributed by atoms with van der Waals surface area (Å²) in [5.41, 5.74) is 0.414. The van der Waals surface area contributed by atoms with Crippen LogP contribution in [0.1, 0.15) is 2.85 Å². The van der Waals surface area contributed by atoms with Crippen LogP contribution in [0.15, 0.2) is 24.5 Å². The van der Waals surface area contributed by atoms with E-state index in [0.717, 1.165) is 0 Å². The second-order valence-electron chi connectivity index (χ2n) is 1.66. The Morgan fingerprint density at radius 2 is 2.33 bits per heavy atom. The Balaban J connectivity index is 0.